The van der Waals surface area contributed by atoms with Gasteiger partial charge in [-0.2, -0.15) is 11.3 Å². The fourth-order valence-electron chi connectivity index (χ4n) is 2.67. The van der Waals surface area contributed by atoms with Crippen molar-refractivity contribution in [2.24, 2.45) is 5.73 Å². The Labute approximate surface area is 124 Å². The minimum atomic E-state index is 0.197. The first-order valence-electron chi connectivity index (χ1n) is 7.37. The molecule has 0 aliphatic heterocycles. The van der Waals surface area contributed by atoms with E-state index >= 15 is 0 Å². The van der Waals surface area contributed by atoms with Crippen LogP contribution in [0.15, 0.2) is 33.4 Å². The van der Waals surface area contributed by atoms with Crippen LogP contribution in [0.1, 0.15) is 42.9 Å². The van der Waals surface area contributed by atoms with E-state index in [4.69, 9.17) is 10.2 Å². The number of thiophene rings is 1. The first-order valence-corrected chi connectivity index (χ1v) is 8.31. The molecule has 108 valence electrons. The number of hydrogen-bond acceptors (Lipinski definition) is 4. The van der Waals surface area contributed by atoms with E-state index < -0.39 is 0 Å². The van der Waals surface area contributed by atoms with Crippen LogP contribution in [0.25, 0.3) is 0 Å². The van der Waals surface area contributed by atoms with Crippen molar-refractivity contribution in [1.82, 2.24) is 4.90 Å². The Morgan fingerprint density at radius 3 is 2.80 bits per heavy atom. The molecule has 1 fully saturated rings. The van der Waals surface area contributed by atoms with Gasteiger partial charge in [0.15, 0.2) is 0 Å². The van der Waals surface area contributed by atoms with Crippen molar-refractivity contribution in [3.05, 3.63) is 46.0 Å². The summed E-state index contributed by atoms with van der Waals surface area (Å²) in [6.07, 6.45) is 3.50. The van der Waals surface area contributed by atoms with Gasteiger partial charge in [-0.05, 0) is 47.4 Å². The largest absolute Gasteiger partial charge is 0.464 e. The van der Waals surface area contributed by atoms with E-state index in [-0.39, 0.29) is 6.04 Å². The molecule has 0 spiro atoms. The Morgan fingerprint density at radius 2 is 2.25 bits per heavy atom. The maximum Gasteiger partial charge on any atom is 0.122 e. The molecule has 1 aliphatic rings. The van der Waals surface area contributed by atoms with E-state index in [1.165, 1.54) is 18.4 Å². The average Bonchev–Trinajstić information content (AvgIpc) is 2.99. The van der Waals surface area contributed by atoms with Gasteiger partial charge in [0.1, 0.15) is 11.5 Å². The lowest BCUT2D eigenvalue weighted by atomic mass is 10.1. The zero-order chi connectivity index (χ0) is 13.9. The molecule has 3 rings (SSSR count). The summed E-state index contributed by atoms with van der Waals surface area (Å²) in [6.45, 7) is 3.69. The molecule has 20 heavy (non-hydrogen) atoms. The number of rotatable bonds is 7. The zero-order valence-corrected chi connectivity index (χ0v) is 12.7. The van der Waals surface area contributed by atoms with Gasteiger partial charge in [0.05, 0.1) is 6.04 Å². The van der Waals surface area contributed by atoms with Crippen LogP contribution in [-0.4, -0.2) is 17.5 Å². The van der Waals surface area contributed by atoms with Crippen molar-refractivity contribution in [2.45, 2.75) is 44.8 Å². The molecule has 3 nitrogen and oxygen atoms in total. The van der Waals surface area contributed by atoms with Crippen LogP contribution in [0.4, 0.5) is 0 Å². The quantitative estimate of drug-likeness (QED) is 0.847. The van der Waals surface area contributed by atoms with Crippen LogP contribution < -0.4 is 5.73 Å². The smallest absolute Gasteiger partial charge is 0.122 e. The molecule has 0 bridgehead atoms. The van der Waals surface area contributed by atoms with Crippen LogP contribution >= 0.6 is 11.3 Å². The lowest BCUT2D eigenvalue weighted by Crippen LogP contribution is -2.34. The monoisotopic (exact) mass is 290 g/mol. The van der Waals surface area contributed by atoms with Gasteiger partial charge >= 0.3 is 0 Å². The second-order valence-corrected chi connectivity index (χ2v) is 6.22. The third-order valence-corrected chi connectivity index (χ3v) is 4.68. The highest BCUT2D eigenvalue weighted by molar-refractivity contribution is 7.07. The Kier molecular flexibility index (Phi) is 4.24. The van der Waals surface area contributed by atoms with Gasteiger partial charge in [0.2, 0.25) is 0 Å². The molecule has 0 amide bonds. The third-order valence-electron chi connectivity index (χ3n) is 3.94. The average molecular weight is 290 g/mol. The third kappa shape index (κ3) is 2.97. The predicted octanol–water partition coefficient (Wildman–Crippen LogP) is 3.57. The zero-order valence-electron chi connectivity index (χ0n) is 11.9. The second-order valence-electron chi connectivity index (χ2n) is 5.44. The molecule has 1 unspecified atom stereocenters. The van der Waals surface area contributed by atoms with Crippen molar-refractivity contribution in [2.75, 3.05) is 6.54 Å². The molecule has 0 saturated heterocycles. The first-order chi connectivity index (χ1) is 9.81. The van der Waals surface area contributed by atoms with Gasteiger partial charge in [-0.3, -0.25) is 4.90 Å². The van der Waals surface area contributed by atoms with Crippen molar-refractivity contribution < 1.29 is 4.42 Å². The van der Waals surface area contributed by atoms with E-state index in [0.29, 0.717) is 12.6 Å². The van der Waals surface area contributed by atoms with Crippen LogP contribution in [0, 0.1) is 0 Å². The van der Waals surface area contributed by atoms with Gasteiger partial charge < -0.3 is 10.2 Å². The summed E-state index contributed by atoms with van der Waals surface area (Å²) in [6, 6.07) is 7.24. The van der Waals surface area contributed by atoms with E-state index in [2.05, 4.69) is 40.8 Å². The predicted molar refractivity (Wildman–Crippen MR) is 82.8 cm³/mol. The summed E-state index contributed by atoms with van der Waals surface area (Å²) in [4.78, 5) is 2.51. The molecule has 0 radical (unpaired) electrons. The van der Waals surface area contributed by atoms with E-state index in [1.54, 1.807) is 11.3 Å². The van der Waals surface area contributed by atoms with Crippen molar-refractivity contribution >= 4 is 11.3 Å². The van der Waals surface area contributed by atoms with Gasteiger partial charge in [-0.1, -0.05) is 6.92 Å². The Bertz CT molecular complexity index is 530. The highest BCUT2D eigenvalue weighted by atomic mass is 32.1. The number of nitrogens with two attached hydrogens (primary N) is 1. The molecular formula is C16H22N2OS. The standard InChI is InChI=1S/C16H22N2OS/c1-2-14-5-6-16(19-14)15(9-17)18(13-3-4-13)10-12-7-8-20-11-12/h5-8,11,13,15H,2-4,9-10,17H2,1H3. The number of furan rings is 1. The molecule has 2 aromatic heterocycles. The summed E-state index contributed by atoms with van der Waals surface area (Å²) >= 11 is 1.76. The maximum absolute atomic E-state index is 6.05. The van der Waals surface area contributed by atoms with E-state index in [0.717, 1.165) is 24.5 Å². The highest BCUT2D eigenvalue weighted by Gasteiger charge is 2.35. The SMILES string of the molecule is CCc1ccc(C(CN)N(Cc2ccsc2)C2CC2)o1. The van der Waals surface area contributed by atoms with Gasteiger partial charge in [-0.25, -0.2) is 0 Å². The van der Waals surface area contributed by atoms with Crippen LogP contribution in [0.5, 0.6) is 0 Å². The Morgan fingerprint density at radius 1 is 1.40 bits per heavy atom. The minimum absolute atomic E-state index is 0.197. The lowest BCUT2D eigenvalue weighted by molar-refractivity contribution is 0.159. The Hall–Kier alpha value is -1.10. The molecule has 1 atom stereocenters. The van der Waals surface area contributed by atoms with Gasteiger partial charge in [0, 0.05) is 25.6 Å². The van der Waals surface area contributed by atoms with Gasteiger partial charge in [-0.15, -0.1) is 0 Å². The van der Waals surface area contributed by atoms with Gasteiger partial charge in [0.25, 0.3) is 0 Å². The van der Waals surface area contributed by atoms with Crippen LogP contribution in [0.3, 0.4) is 0 Å². The number of hydrogen-bond donors (Lipinski definition) is 1. The summed E-state index contributed by atoms with van der Waals surface area (Å²) < 4.78 is 5.94. The second kappa shape index (κ2) is 6.12. The molecule has 2 heterocycles. The fraction of sp³-hybridized carbons (Fsp3) is 0.500. The molecular weight excluding hydrogens is 268 g/mol. The maximum atomic E-state index is 6.05. The molecule has 1 saturated carbocycles. The Balaban J connectivity index is 1.80. The lowest BCUT2D eigenvalue weighted by Gasteiger charge is -2.29. The topological polar surface area (TPSA) is 42.4 Å². The van der Waals surface area contributed by atoms with E-state index in [9.17, 15) is 0 Å². The highest BCUT2D eigenvalue weighted by Crippen LogP contribution is 2.36. The molecule has 2 aromatic rings. The molecule has 0 aromatic carbocycles. The summed E-state index contributed by atoms with van der Waals surface area (Å²) in [5, 5.41) is 4.36. The number of nitrogens with zero attached hydrogens (tertiary/aromatic N) is 1. The van der Waals surface area contributed by atoms with Crippen LogP contribution in [0.2, 0.25) is 0 Å². The van der Waals surface area contributed by atoms with Crippen LogP contribution in [-0.2, 0) is 13.0 Å². The molecule has 1 aliphatic carbocycles. The summed E-state index contributed by atoms with van der Waals surface area (Å²) in [7, 11) is 0. The summed E-state index contributed by atoms with van der Waals surface area (Å²) in [5.41, 5.74) is 7.43. The van der Waals surface area contributed by atoms with Crippen molar-refractivity contribution in [3.63, 3.8) is 0 Å². The summed E-state index contributed by atoms with van der Waals surface area (Å²) in [5.74, 6) is 2.07. The molecule has 2 N–H and O–H groups in total. The van der Waals surface area contributed by atoms with E-state index in [1.807, 2.05) is 0 Å². The fourth-order valence-corrected chi connectivity index (χ4v) is 3.33. The van der Waals surface area contributed by atoms with Crippen molar-refractivity contribution in [1.29, 1.82) is 0 Å². The van der Waals surface area contributed by atoms with Crippen molar-refractivity contribution in [3.8, 4) is 0 Å². The molecule has 4 heteroatoms. The first kappa shape index (κ1) is 13.9. The normalized spacial score (nSPS) is 16.8. The minimum Gasteiger partial charge on any atom is -0.464 e. The number of aryl methyl sites for hydroxylation is 1.